The van der Waals surface area contributed by atoms with Gasteiger partial charge in [-0.15, -0.1) is 0 Å². The average molecular weight is 963 g/mol. The maximum Gasteiger partial charge on any atom is 1.00 e. The van der Waals surface area contributed by atoms with Crippen molar-refractivity contribution >= 4 is 72.1 Å². The first-order chi connectivity index (χ1) is 32.9. The van der Waals surface area contributed by atoms with Gasteiger partial charge in [0.15, 0.2) is 18.9 Å². The SMILES string of the molecule is CC(=O)OCCN1/C(=C/C=C2\CCC(/C=C/C3=[N+](CCOC(C)=O)c4ccc5cc(C)ccc5c4C3(C)C)=C2N(c2ccccc2)c2ccccc2)C(C)(C)c2c1ccc1cc(S(=O)(=O)[O-])ccc21.[Na+]. The third kappa shape index (κ3) is 9.57. The summed E-state index contributed by atoms with van der Waals surface area (Å²) in [5, 5.41) is 3.88. The predicted molar refractivity (Wildman–Crippen MR) is 274 cm³/mol. The number of benzene rings is 6. The Morgan fingerprint density at radius 2 is 1.34 bits per heavy atom. The van der Waals surface area contributed by atoms with Crippen LogP contribution in [0.5, 0.6) is 0 Å². The van der Waals surface area contributed by atoms with Crippen molar-refractivity contribution in [2.24, 2.45) is 0 Å². The molecule has 9 rings (SSSR count). The summed E-state index contributed by atoms with van der Waals surface area (Å²) < 4.78 is 49.6. The van der Waals surface area contributed by atoms with Crippen LogP contribution in [0, 0.1) is 6.92 Å². The Bertz CT molecular complexity index is 3300. The van der Waals surface area contributed by atoms with Crippen LogP contribution >= 0.6 is 0 Å². The molecule has 3 aliphatic rings. The second-order valence-corrected chi connectivity index (χ2v) is 20.4. The van der Waals surface area contributed by atoms with Crippen LogP contribution in [0.2, 0.25) is 0 Å². The fourth-order valence-corrected chi connectivity index (χ4v) is 11.2. The second-order valence-electron chi connectivity index (χ2n) is 19.1. The molecule has 0 amide bonds. The molecule has 0 N–H and O–H groups in total. The smallest absolute Gasteiger partial charge is 0.744 e. The third-order valence-electron chi connectivity index (χ3n) is 13.8. The van der Waals surface area contributed by atoms with E-state index in [1.165, 1.54) is 47.9 Å². The summed E-state index contributed by atoms with van der Waals surface area (Å²) in [5.74, 6) is -0.678. The quantitative estimate of drug-likeness (QED) is 0.0485. The Hall–Kier alpha value is -6.08. The molecule has 0 spiro atoms. The maximum absolute atomic E-state index is 12.1. The number of carbonyl (C=O) groups is 2. The van der Waals surface area contributed by atoms with Gasteiger partial charge in [-0.1, -0.05) is 98.3 Å². The number of carbonyl (C=O) groups excluding carboxylic acids is 2. The molecule has 2 aliphatic heterocycles. The van der Waals surface area contributed by atoms with Gasteiger partial charge in [-0.05, 0) is 126 Å². The van der Waals surface area contributed by atoms with Gasteiger partial charge in [0.1, 0.15) is 16.7 Å². The van der Waals surface area contributed by atoms with Crippen molar-refractivity contribution < 1.29 is 66.2 Å². The molecule has 0 bridgehead atoms. The van der Waals surface area contributed by atoms with Crippen molar-refractivity contribution in [1.29, 1.82) is 0 Å². The second kappa shape index (κ2) is 20.0. The van der Waals surface area contributed by atoms with E-state index in [9.17, 15) is 22.6 Å². The third-order valence-corrected chi connectivity index (χ3v) is 14.6. The predicted octanol–water partition coefficient (Wildman–Crippen LogP) is 8.76. The molecular weight excluding hydrogens is 906 g/mol. The van der Waals surface area contributed by atoms with Crippen LogP contribution in [-0.2, 0) is 40.0 Å². The summed E-state index contributed by atoms with van der Waals surface area (Å²) in [4.78, 5) is 28.3. The van der Waals surface area contributed by atoms with Gasteiger partial charge < -0.3 is 23.8 Å². The van der Waals surface area contributed by atoms with E-state index < -0.39 is 20.9 Å². The van der Waals surface area contributed by atoms with Crippen molar-refractivity contribution in [3.63, 3.8) is 0 Å². The molecule has 10 nitrogen and oxygen atoms in total. The first-order valence-electron chi connectivity index (χ1n) is 23.4. The van der Waals surface area contributed by atoms with Gasteiger partial charge in [0, 0.05) is 59.7 Å². The van der Waals surface area contributed by atoms with E-state index in [0.717, 1.165) is 74.8 Å². The molecule has 0 fully saturated rings. The van der Waals surface area contributed by atoms with Crippen molar-refractivity contribution in [3.05, 3.63) is 185 Å². The Morgan fingerprint density at radius 3 is 2.00 bits per heavy atom. The number of para-hydroxylation sites is 2. The van der Waals surface area contributed by atoms with Crippen LogP contribution in [0.3, 0.4) is 0 Å². The molecule has 0 saturated heterocycles. The van der Waals surface area contributed by atoms with Crippen LogP contribution in [0.1, 0.15) is 71.1 Å². The summed E-state index contributed by atoms with van der Waals surface area (Å²) in [7, 11) is -4.66. The Morgan fingerprint density at radius 1 is 0.729 bits per heavy atom. The number of allylic oxidation sites excluding steroid dienone is 7. The van der Waals surface area contributed by atoms with Gasteiger partial charge >= 0.3 is 41.5 Å². The minimum Gasteiger partial charge on any atom is -0.744 e. The van der Waals surface area contributed by atoms with Crippen LogP contribution < -0.4 is 39.4 Å². The van der Waals surface area contributed by atoms with E-state index in [1.807, 2.05) is 24.3 Å². The monoisotopic (exact) mass is 962 g/mol. The number of esters is 2. The molecule has 70 heavy (non-hydrogen) atoms. The van der Waals surface area contributed by atoms with Crippen LogP contribution in [0.4, 0.5) is 22.7 Å². The standard InChI is InChI=1S/C58H57N3O7S.Na/c1-38-18-26-48-43(36-38)21-28-50-54(48)57(4,5)52(59(50)32-34-67-39(2)62)30-23-41-19-20-42(56(41)61(45-14-10-8-11-15-45)46-16-12-9-13-17-46)24-31-53-58(6,7)55-49-27-25-47(69(64,65)66)37-44(49)22-29-51(55)60(53)33-35-68-40(3)63;/h8-18,21-31,36-37H,19-20,32-35H2,1-7H3;/q;+1. The summed E-state index contributed by atoms with van der Waals surface area (Å²) in [5.41, 5.74) is 11.9. The fourth-order valence-electron chi connectivity index (χ4n) is 10.7. The van der Waals surface area contributed by atoms with Crippen molar-refractivity contribution in [3.8, 4) is 0 Å². The van der Waals surface area contributed by atoms with E-state index >= 15 is 0 Å². The number of anilines is 3. The summed E-state index contributed by atoms with van der Waals surface area (Å²) in [6, 6.07) is 40.2. The van der Waals surface area contributed by atoms with E-state index in [2.05, 4.69) is 152 Å². The number of hydrogen-bond acceptors (Lipinski definition) is 9. The van der Waals surface area contributed by atoms with Crippen molar-refractivity contribution in [2.45, 2.75) is 77.0 Å². The molecule has 0 radical (unpaired) electrons. The number of ether oxygens (including phenoxy) is 2. The van der Waals surface area contributed by atoms with Crippen LogP contribution in [0.25, 0.3) is 21.5 Å². The van der Waals surface area contributed by atoms with Crippen LogP contribution in [0.15, 0.2) is 173 Å². The normalized spacial score (nSPS) is 17.2. The largest absolute Gasteiger partial charge is 1.00 e. The molecular formula is C58H57N3NaO7S+. The molecule has 0 aromatic heterocycles. The van der Waals surface area contributed by atoms with Gasteiger partial charge in [0.25, 0.3) is 0 Å². The number of hydrogen-bond donors (Lipinski definition) is 0. The zero-order chi connectivity index (χ0) is 48.8. The maximum atomic E-state index is 12.1. The van der Waals surface area contributed by atoms with Gasteiger partial charge in [0.05, 0.1) is 22.6 Å². The molecule has 2 heterocycles. The molecule has 6 aromatic rings. The van der Waals surface area contributed by atoms with Gasteiger partial charge in [-0.3, -0.25) is 9.59 Å². The molecule has 6 aromatic carbocycles. The minimum atomic E-state index is -4.66. The molecule has 1 aliphatic carbocycles. The number of aryl methyl sites for hydroxylation is 1. The van der Waals surface area contributed by atoms with Gasteiger partial charge in [0.2, 0.25) is 5.69 Å². The van der Waals surface area contributed by atoms with Crippen LogP contribution in [-0.4, -0.2) is 61.5 Å². The first-order valence-corrected chi connectivity index (χ1v) is 24.9. The fraction of sp³-hybridized carbons (Fsp3) is 0.259. The first kappa shape index (κ1) is 50.3. The van der Waals surface area contributed by atoms with E-state index in [4.69, 9.17) is 9.47 Å². The molecule has 0 atom stereocenters. The van der Waals surface area contributed by atoms with Crippen molar-refractivity contribution in [1.82, 2.24) is 0 Å². The Balaban J connectivity index is 0.00000659. The van der Waals surface area contributed by atoms with E-state index in [1.54, 1.807) is 6.07 Å². The molecule has 0 unspecified atom stereocenters. The van der Waals surface area contributed by atoms with E-state index in [0.29, 0.717) is 18.5 Å². The molecule has 352 valence electrons. The van der Waals surface area contributed by atoms with Gasteiger partial charge in [-0.25, -0.2) is 8.42 Å². The minimum absolute atomic E-state index is 0. The zero-order valence-electron chi connectivity index (χ0n) is 41.2. The van der Waals surface area contributed by atoms with Gasteiger partial charge in [-0.2, -0.15) is 4.58 Å². The average Bonchev–Trinajstić information content (AvgIpc) is 3.88. The summed E-state index contributed by atoms with van der Waals surface area (Å²) in [6.45, 7) is 15.1. The summed E-state index contributed by atoms with van der Waals surface area (Å²) in [6.07, 6.45) is 10.5. The Labute approximate surface area is 433 Å². The number of fused-ring (bicyclic) bond motifs is 6. The van der Waals surface area contributed by atoms with Crippen molar-refractivity contribution in [2.75, 3.05) is 36.1 Å². The topological polar surface area (TPSA) is 119 Å². The molecule has 0 saturated carbocycles. The molecule has 12 heteroatoms. The zero-order valence-corrected chi connectivity index (χ0v) is 44.0. The van der Waals surface area contributed by atoms with E-state index in [-0.39, 0.29) is 59.6 Å². The summed E-state index contributed by atoms with van der Waals surface area (Å²) >= 11 is 0. The Kier molecular flexibility index (Phi) is 14.4. The number of rotatable bonds is 13. The number of nitrogens with zero attached hydrogens (tertiary/aromatic N) is 3.